The Morgan fingerprint density at radius 2 is 1.39 bits per heavy atom. The quantitative estimate of drug-likeness (QED) is 0.178. The van der Waals surface area contributed by atoms with E-state index in [-0.39, 0.29) is 17.3 Å². The van der Waals surface area contributed by atoms with E-state index >= 15 is 0 Å². The minimum absolute atomic E-state index is 0.181. The molecule has 0 amide bonds. The maximum atomic E-state index is 13.1. The van der Waals surface area contributed by atoms with Crippen molar-refractivity contribution in [2.24, 2.45) is 0 Å². The lowest BCUT2D eigenvalue weighted by Crippen LogP contribution is -2.31. The molecule has 0 N–H and O–H groups in total. The number of esters is 1. The first-order valence-corrected chi connectivity index (χ1v) is 14.5. The smallest absolute Gasteiger partial charge is 0.416 e. The second-order valence-corrected chi connectivity index (χ2v) is 12.5. The lowest BCUT2D eigenvalue weighted by molar-refractivity contribution is -0.156. The first-order valence-electron chi connectivity index (χ1n) is 12.2. The molecule has 0 saturated heterocycles. The van der Waals surface area contributed by atoms with E-state index in [1.165, 1.54) is 11.8 Å². The highest BCUT2D eigenvalue weighted by atomic mass is 32.2. The number of alkyl halides is 3. The highest BCUT2D eigenvalue weighted by Crippen LogP contribution is 2.52. The third kappa shape index (κ3) is 6.48. The maximum Gasteiger partial charge on any atom is 0.416 e. The number of thiol groups is 1. The summed E-state index contributed by atoms with van der Waals surface area (Å²) in [6.45, 7) is 4.09. The van der Waals surface area contributed by atoms with Gasteiger partial charge in [-0.15, -0.1) is 11.8 Å². The molecule has 1 aliphatic carbocycles. The normalized spacial score (nSPS) is 16.5. The van der Waals surface area contributed by atoms with Crippen LogP contribution in [0.5, 0.6) is 0 Å². The summed E-state index contributed by atoms with van der Waals surface area (Å²) in [7, 11) is -1.03. The van der Waals surface area contributed by atoms with Crippen LogP contribution >= 0.6 is 22.7 Å². The standard InChI is InChI=1S/C29H31F3O2S2/c1-3-28(18-4-5-19-28)34-27(33)20-35-23-10-16-26(17-11-23)36(24-12-6-21(2)7-13-24)25-14-8-22(9-15-25)29(30,31)32/h6-17,36H,3-5,18-20H2,1-2H3. The SMILES string of the molecule is CCC1(OC(=O)CSc2ccc([SH](c3ccc(C)cc3)c3ccc(C(F)(F)F)cc3)cc2)CCCC1. The molecule has 3 aromatic carbocycles. The van der Waals surface area contributed by atoms with Crippen LogP contribution in [0.1, 0.15) is 50.2 Å². The summed E-state index contributed by atoms with van der Waals surface area (Å²) in [4.78, 5) is 16.4. The highest BCUT2D eigenvalue weighted by molar-refractivity contribution is 8.17. The van der Waals surface area contributed by atoms with E-state index in [1.807, 2.05) is 55.5 Å². The highest BCUT2D eigenvalue weighted by Gasteiger charge is 2.35. The number of benzene rings is 3. The van der Waals surface area contributed by atoms with Crippen LogP contribution in [0.15, 0.2) is 92.4 Å². The Morgan fingerprint density at radius 1 is 0.889 bits per heavy atom. The predicted molar refractivity (Wildman–Crippen MR) is 141 cm³/mol. The largest absolute Gasteiger partial charge is 0.458 e. The molecule has 7 heteroatoms. The molecule has 0 spiro atoms. The fourth-order valence-corrected chi connectivity index (χ4v) is 7.50. The summed E-state index contributed by atoms with van der Waals surface area (Å²) < 4.78 is 45.2. The molecule has 3 aromatic rings. The van der Waals surface area contributed by atoms with Gasteiger partial charge in [-0.25, -0.2) is 0 Å². The molecular weight excluding hydrogens is 501 g/mol. The van der Waals surface area contributed by atoms with Crippen LogP contribution in [-0.2, 0) is 15.7 Å². The van der Waals surface area contributed by atoms with Gasteiger partial charge < -0.3 is 4.74 Å². The van der Waals surface area contributed by atoms with Gasteiger partial charge in [0, 0.05) is 4.90 Å². The van der Waals surface area contributed by atoms with Crippen molar-refractivity contribution in [2.45, 2.75) is 77.3 Å². The van der Waals surface area contributed by atoms with Gasteiger partial charge in [-0.2, -0.15) is 24.1 Å². The Hall–Kier alpha value is -2.38. The minimum Gasteiger partial charge on any atom is -0.458 e. The fourth-order valence-electron chi connectivity index (χ4n) is 4.59. The van der Waals surface area contributed by atoms with Crippen molar-refractivity contribution in [3.05, 3.63) is 83.9 Å². The molecular formula is C29H31F3O2S2. The van der Waals surface area contributed by atoms with Crippen LogP contribution in [0.2, 0.25) is 0 Å². The topological polar surface area (TPSA) is 26.3 Å². The number of hydrogen-bond donors (Lipinski definition) is 1. The average Bonchev–Trinajstić information content (AvgIpc) is 3.33. The first kappa shape index (κ1) is 26.7. The number of carbonyl (C=O) groups excluding carboxylic acids is 1. The van der Waals surface area contributed by atoms with Gasteiger partial charge >= 0.3 is 12.1 Å². The first-order chi connectivity index (χ1) is 17.2. The van der Waals surface area contributed by atoms with Gasteiger partial charge in [-0.1, -0.05) is 24.6 Å². The van der Waals surface area contributed by atoms with Crippen LogP contribution in [0.25, 0.3) is 0 Å². The van der Waals surface area contributed by atoms with Gasteiger partial charge in [0.15, 0.2) is 0 Å². The van der Waals surface area contributed by atoms with Crippen molar-refractivity contribution in [3.63, 3.8) is 0 Å². The Kier molecular flexibility index (Phi) is 8.41. The van der Waals surface area contributed by atoms with Crippen LogP contribution < -0.4 is 0 Å². The molecule has 2 nitrogen and oxygen atoms in total. The van der Waals surface area contributed by atoms with Crippen molar-refractivity contribution in [1.29, 1.82) is 0 Å². The molecule has 0 radical (unpaired) electrons. The zero-order chi connectivity index (χ0) is 25.8. The monoisotopic (exact) mass is 532 g/mol. The van der Waals surface area contributed by atoms with Gasteiger partial charge in [0.25, 0.3) is 0 Å². The maximum absolute atomic E-state index is 13.1. The van der Waals surface area contributed by atoms with Gasteiger partial charge in [0.2, 0.25) is 0 Å². The molecule has 36 heavy (non-hydrogen) atoms. The van der Waals surface area contributed by atoms with E-state index in [0.29, 0.717) is 0 Å². The predicted octanol–water partition coefficient (Wildman–Crippen LogP) is 8.85. The van der Waals surface area contributed by atoms with Crippen molar-refractivity contribution >= 4 is 28.6 Å². The number of thioether (sulfide) groups is 1. The lowest BCUT2D eigenvalue weighted by atomic mass is 9.99. The summed E-state index contributed by atoms with van der Waals surface area (Å²) in [5, 5.41) is 0. The van der Waals surface area contributed by atoms with Crippen molar-refractivity contribution < 1.29 is 22.7 Å². The van der Waals surface area contributed by atoms with Gasteiger partial charge in [-0.05, 0) is 114 Å². The Balaban J connectivity index is 1.51. The second-order valence-electron chi connectivity index (χ2n) is 9.22. The van der Waals surface area contributed by atoms with E-state index in [9.17, 15) is 18.0 Å². The summed E-state index contributed by atoms with van der Waals surface area (Å²) in [6, 6.07) is 21.6. The zero-order valence-electron chi connectivity index (χ0n) is 20.5. The molecule has 0 aromatic heterocycles. The third-order valence-electron chi connectivity index (χ3n) is 6.69. The molecule has 1 aliphatic rings. The Labute approximate surface area is 218 Å². The van der Waals surface area contributed by atoms with E-state index in [4.69, 9.17) is 4.74 Å². The number of carbonyl (C=O) groups is 1. The molecule has 1 atom stereocenters. The van der Waals surface area contributed by atoms with Crippen molar-refractivity contribution in [1.82, 2.24) is 0 Å². The number of rotatable bonds is 8. The molecule has 0 aliphatic heterocycles. The van der Waals surface area contributed by atoms with Gasteiger partial charge in [0.05, 0.1) is 11.3 Å². The molecule has 1 unspecified atom stereocenters. The van der Waals surface area contributed by atoms with Crippen LogP contribution in [0.4, 0.5) is 13.2 Å². The fraction of sp³-hybridized carbons (Fsp3) is 0.345. The third-order valence-corrected chi connectivity index (χ3v) is 10.1. The second kappa shape index (κ2) is 11.3. The molecule has 1 fully saturated rings. The number of hydrogen-bond acceptors (Lipinski definition) is 3. The molecule has 0 heterocycles. The number of aryl methyl sites for hydroxylation is 1. The summed E-state index contributed by atoms with van der Waals surface area (Å²) >= 11 is 1.45. The van der Waals surface area contributed by atoms with Gasteiger partial charge in [-0.3, -0.25) is 4.79 Å². The minimum atomic E-state index is -4.36. The Morgan fingerprint density at radius 3 is 1.89 bits per heavy atom. The van der Waals surface area contributed by atoms with E-state index in [1.54, 1.807) is 12.1 Å². The summed E-state index contributed by atoms with van der Waals surface area (Å²) in [5.41, 5.74) is 0.195. The zero-order valence-corrected chi connectivity index (χ0v) is 22.2. The van der Waals surface area contributed by atoms with Crippen LogP contribution in [0, 0.1) is 6.92 Å². The summed E-state index contributed by atoms with van der Waals surface area (Å²) in [6.07, 6.45) is 0.601. The molecule has 192 valence electrons. The van der Waals surface area contributed by atoms with Crippen LogP contribution in [-0.4, -0.2) is 17.3 Å². The average molecular weight is 533 g/mol. The van der Waals surface area contributed by atoms with Crippen LogP contribution in [0.3, 0.4) is 0 Å². The van der Waals surface area contributed by atoms with Crippen molar-refractivity contribution in [3.8, 4) is 0 Å². The van der Waals surface area contributed by atoms with E-state index in [2.05, 4.69) is 6.92 Å². The van der Waals surface area contributed by atoms with E-state index in [0.717, 1.165) is 69.4 Å². The van der Waals surface area contributed by atoms with E-state index < -0.39 is 22.6 Å². The summed E-state index contributed by atoms with van der Waals surface area (Å²) in [5.74, 6) is 0.0756. The number of ether oxygens (including phenoxy) is 1. The number of halogens is 3. The molecule has 1 saturated carbocycles. The van der Waals surface area contributed by atoms with Crippen molar-refractivity contribution in [2.75, 3.05) is 5.75 Å². The Bertz CT molecular complexity index is 1150. The van der Waals surface area contributed by atoms with Gasteiger partial charge in [0.1, 0.15) is 5.60 Å². The molecule has 4 rings (SSSR count). The lowest BCUT2D eigenvalue weighted by Gasteiger charge is -2.27. The molecule has 0 bridgehead atoms.